The number of rotatable bonds is 6. The van der Waals surface area contributed by atoms with Crippen molar-refractivity contribution in [1.82, 2.24) is 5.32 Å². The molecule has 1 heterocycles. The summed E-state index contributed by atoms with van der Waals surface area (Å²) in [6.45, 7) is 7.96. The van der Waals surface area contributed by atoms with Crippen molar-refractivity contribution in [3.8, 4) is 0 Å². The second-order valence-electron chi connectivity index (χ2n) is 5.22. The van der Waals surface area contributed by atoms with Crippen LogP contribution in [0.1, 0.15) is 45.1 Å². The molecule has 2 rings (SSSR count). The SMILES string of the molecule is CCC(CC)NCc1ccccc1N1CCCC1. The molecule has 1 fully saturated rings. The third kappa shape index (κ3) is 3.26. The summed E-state index contributed by atoms with van der Waals surface area (Å²) < 4.78 is 0. The molecule has 1 aliphatic heterocycles. The first-order chi connectivity index (χ1) is 8.85. The Morgan fingerprint density at radius 2 is 1.78 bits per heavy atom. The minimum atomic E-state index is 0.650. The van der Waals surface area contributed by atoms with Crippen molar-refractivity contribution in [2.75, 3.05) is 18.0 Å². The van der Waals surface area contributed by atoms with E-state index in [1.54, 1.807) is 0 Å². The quantitative estimate of drug-likeness (QED) is 0.825. The summed E-state index contributed by atoms with van der Waals surface area (Å²) in [5.74, 6) is 0. The van der Waals surface area contributed by atoms with Crippen LogP contribution in [-0.2, 0) is 6.54 Å². The Labute approximate surface area is 111 Å². The van der Waals surface area contributed by atoms with Crippen LogP contribution in [0.5, 0.6) is 0 Å². The lowest BCUT2D eigenvalue weighted by molar-refractivity contribution is 0.484. The highest BCUT2D eigenvalue weighted by Gasteiger charge is 2.15. The smallest absolute Gasteiger partial charge is 0.0411 e. The molecule has 0 spiro atoms. The average molecular weight is 246 g/mol. The third-order valence-corrected chi connectivity index (χ3v) is 4.01. The maximum Gasteiger partial charge on any atom is 0.0411 e. The summed E-state index contributed by atoms with van der Waals surface area (Å²) >= 11 is 0. The van der Waals surface area contributed by atoms with Gasteiger partial charge in [-0.15, -0.1) is 0 Å². The lowest BCUT2D eigenvalue weighted by atomic mass is 10.1. The van der Waals surface area contributed by atoms with Crippen molar-refractivity contribution >= 4 is 5.69 Å². The summed E-state index contributed by atoms with van der Waals surface area (Å²) in [5, 5.41) is 3.67. The van der Waals surface area contributed by atoms with Gasteiger partial charge in [0.25, 0.3) is 0 Å². The van der Waals surface area contributed by atoms with Gasteiger partial charge in [-0.2, -0.15) is 0 Å². The first kappa shape index (κ1) is 13.4. The number of para-hydroxylation sites is 1. The van der Waals surface area contributed by atoms with Gasteiger partial charge in [-0.05, 0) is 37.3 Å². The van der Waals surface area contributed by atoms with Crippen molar-refractivity contribution in [3.05, 3.63) is 29.8 Å². The normalized spacial score (nSPS) is 15.6. The molecule has 0 amide bonds. The number of anilines is 1. The molecule has 0 aliphatic carbocycles. The molecular weight excluding hydrogens is 220 g/mol. The van der Waals surface area contributed by atoms with E-state index >= 15 is 0 Å². The summed E-state index contributed by atoms with van der Waals surface area (Å²) in [6.07, 6.45) is 5.10. The maximum atomic E-state index is 3.67. The molecule has 2 nitrogen and oxygen atoms in total. The van der Waals surface area contributed by atoms with Crippen LogP contribution in [0.3, 0.4) is 0 Å². The second kappa shape index (κ2) is 6.79. The predicted molar refractivity (Wildman–Crippen MR) is 79.1 cm³/mol. The Kier molecular flexibility index (Phi) is 5.06. The molecule has 1 saturated heterocycles. The summed E-state index contributed by atoms with van der Waals surface area (Å²) in [4.78, 5) is 2.53. The van der Waals surface area contributed by atoms with Gasteiger partial charge in [-0.3, -0.25) is 0 Å². The van der Waals surface area contributed by atoms with Crippen LogP contribution in [0.2, 0.25) is 0 Å². The van der Waals surface area contributed by atoms with Gasteiger partial charge < -0.3 is 10.2 Å². The zero-order valence-corrected chi connectivity index (χ0v) is 11.8. The van der Waals surface area contributed by atoms with Crippen LogP contribution in [0.4, 0.5) is 5.69 Å². The molecule has 0 aromatic heterocycles. The zero-order chi connectivity index (χ0) is 12.8. The van der Waals surface area contributed by atoms with Crippen molar-refractivity contribution in [3.63, 3.8) is 0 Å². The van der Waals surface area contributed by atoms with Crippen molar-refractivity contribution < 1.29 is 0 Å². The molecule has 1 aliphatic rings. The lowest BCUT2D eigenvalue weighted by Crippen LogP contribution is -2.28. The topological polar surface area (TPSA) is 15.3 Å². The molecule has 100 valence electrons. The molecule has 0 radical (unpaired) electrons. The van der Waals surface area contributed by atoms with Crippen LogP contribution in [0.15, 0.2) is 24.3 Å². The monoisotopic (exact) mass is 246 g/mol. The van der Waals surface area contributed by atoms with Crippen LogP contribution >= 0.6 is 0 Å². The fraction of sp³-hybridized carbons (Fsp3) is 0.625. The molecule has 1 aromatic carbocycles. The zero-order valence-electron chi connectivity index (χ0n) is 11.8. The average Bonchev–Trinajstić information content (AvgIpc) is 2.94. The largest absolute Gasteiger partial charge is 0.371 e. The summed E-state index contributed by atoms with van der Waals surface area (Å²) in [6, 6.07) is 9.51. The fourth-order valence-electron chi connectivity index (χ4n) is 2.76. The van der Waals surface area contributed by atoms with Crippen molar-refractivity contribution in [2.45, 2.75) is 52.1 Å². The second-order valence-corrected chi connectivity index (χ2v) is 5.22. The molecule has 1 aromatic rings. The Morgan fingerprint density at radius 1 is 1.11 bits per heavy atom. The van der Waals surface area contributed by atoms with Crippen molar-refractivity contribution in [2.24, 2.45) is 0 Å². The van der Waals surface area contributed by atoms with E-state index in [1.165, 1.54) is 50.0 Å². The van der Waals surface area contributed by atoms with E-state index in [9.17, 15) is 0 Å². The molecule has 0 bridgehead atoms. The Bertz CT molecular complexity index is 352. The van der Waals surface area contributed by atoms with Crippen LogP contribution in [0, 0.1) is 0 Å². The van der Waals surface area contributed by atoms with E-state index in [0.29, 0.717) is 6.04 Å². The first-order valence-electron chi connectivity index (χ1n) is 7.41. The number of hydrogen-bond acceptors (Lipinski definition) is 2. The van der Waals surface area contributed by atoms with Crippen molar-refractivity contribution in [1.29, 1.82) is 0 Å². The lowest BCUT2D eigenvalue weighted by Gasteiger charge is -2.23. The minimum absolute atomic E-state index is 0.650. The van der Waals surface area contributed by atoms with E-state index < -0.39 is 0 Å². The molecule has 0 unspecified atom stereocenters. The molecule has 2 heteroatoms. The standard InChI is InChI=1S/C16H26N2/c1-3-15(4-2)17-13-14-9-5-6-10-16(14)18-11-7-8-12-18/h5-6,9-10,15,17H,3-4,7-8,11-13H2,1-2H3. The molecule has 0 saturated carbocycles. The molecule has 18 heavy (non-hydrogen) atoms. The van der Waals surface area contributed by atoms with Gasteiger partial charge in [0.2, 0.25) is 0 Å². The minimum Gasteiger partial charge on any atom is -0.371 e. The molecule has 1 N–H and O–H groups in total. The number of benzene rings is 1. The van der Waals surface area contributed by atoms with Gasteiger partial charge in [0.05, 0.1) is 0 Å². The van der Waals surface area contributed by atoms with E-state index in [1.807, 2.05) is 0 Å². The predicted octanol–water partition coefficient (Wildman–Crippen LogP) is 3.57. The maximum absolute atomic E-state index is 3.67. The number of nitrogens with zero attached hydrogens (tertiary/aromatic N) is 1. The van der Waals surface area contributed by atoms with E-state index in [-0.39, 0.29) is 0 Å². The number of hydrogen-bond donors (Lipinski definition) is 1. The Hall–Kier alpha value is -1.02. The van der Waals surface area contributed by atoms with Crippen LogP contribution < -0.4 is 10.2 Å². The first-order valence-corrected chi connectivity index (χ1v) is 7.41. The van der Waals surface area contributed by atoms with E-state index in [0.717, 1.165) is 6.54 Å². The summed E-state index contributed by atoms with van der Waals surface area (Å²) in [5.41, 5.74) is 2.89. The van der Waals surface area contributed by atoms with Gasteiger partial charge in [0, 0.05) is 31.4 Å². The Morgan fingerprint density at radius 3 is 2.44 bits per heavy atom. The van der Waals surface area contributed by atoms with Gasteiger partial charge >= 0.3 is 0 Å². The fourth-order valence-corrected chi connectivity index (χ4v) is 2.76. The van der Waals surface area contributed by atoms with Crippen LogP contribution in [0.25, 0.3) is 0 Å². The van der Waals surface area contributed by atoms with Gasteiger partial charge in [-0.1, -0.05) is 32.0 Å². The van der Waals surface area contributed by atoms with Gasteiger partial charge in [0.1, 0.15) is 0 Å². The summed E-state index contributed by atoms with van der Waals surface area (Å²) in [7, 11) is 0. The highest BCUT2D eigenvalue weighted by molar-refractivity contribution is 5.54. The Balaban J connectivity index is 2.02. The molecular formula is C16H26N2. The van der Waals surface area contributed by atoms with Crippen LogP contribution in [-0.4, -0.2) is 19.1 Å². The number of nitrogens with one attached hydrogen (secondary N) is 1. The molecule has 0 atom stereocenters. The van der Waals surface area contributed by atoms with Gasteiger partial charge in [-0.25, -0.2) is 0 Å². The highest BCUT2D eigenvalue weighted by atomic mass is 15.1. The van der Waals surface area contributed by atoms with Gasteiger partial charge in [0.15, 0.2) is 0 Å². The van der Waals surface area contributed by atoms with E-state index in [4.69, 9.17) is 0 Å². The third-order valence-electron chi connectivity index (χ3n) is 4.01. The highest BCUT2D eigenvalue weighted by Crippen LogP contribution is 2.24. The van der Waals surface area contributed by atoms with E-state index in [2.05, 4.69) is 48.3 Å².